The standard InChI is InChI=1S/C15H21N3O3S/c1-10(13-8-11(20-2)5-6-14(13)19)17-18-15(22)16-9-12-4-3-7-21-12/h5-6,8,12,19H,3-4,7,9H2,1-2H3,(H2,16,18,22)/b17-10+/t12-/m0/s1. The van der Waals surface area contributed by atoms with Crippen LogP contribution in [0.5, 0.6) is 11.5 Å². The van der Waals surface area contributed by atoms with Crippen LogP contribution in [-0.2, 0) is 4.74 Å². The van der Waals surface area contributed by atoms with E-state index in [1.165, 1.54) is 0 Å². The van der Waals surface area contributed by atoms with Crippen molar-refractivity contribution in [2.75, 3.05) is 20.3 Å². The largest absolute Gasteiger partial charge is 0.507 e. The summed E-state index contributed by atoms with van der Waals surface area (Å²) in [5, 5.41) is 17.6. The molecule has 3 N–H and O–H groups in total. The van der Waals surface area contributed by atoms with E-state index in [0.29, 0.717) is 28.7 Å². The predicted molar refractivity (Wildman–Crippen MR) is 89.6 cm³/mol. The second-order valence-corrected chi connectivity index (χ2v) is 5.45. The van der Waals surface area contributed by atoms with Crippen LogP contribution < -0.4 is 15.5 Å². The van der Waals surface area contributed by atoms with Crippen molar-refractivity contribution >= 4 is 23.0 Å². The number of nitrogens with zero attached hydrogens (tertiary/aromatic N) is 1. The minimum atomic E-state index is 0.141. The first-order valence-electron chi connectivity index (χ1n) is 7.17. The van der Waals surface area contributed by atoms with E-state index in [2.05, 4.69) is 15.8 Å². The Morgan fingerprint density at radius 1 is 1.55 bits per heavy atom. The van der Waals surface area contributed by atoms with Gasteiger partial charge in [-0.2, -0.15) is 5.10 Å². The number of thiocarbonyl (C=S) groups is 1. The number of hydrogen-bond donors (Lipinski definition) is 3. The molecule has 2 rings (SSSR count). The lowest BCUT2D eigenvalue weighted by atomic mass is 10.1. The van der Waals surface area contributed by atoms with E-state index in [4.69, 9.17) is 21.7 Å². The molecule has 0 aromatic heterocycles. The number of rotatable bonds is 5. The summed E-state index contributed by atoms with van der Waals surface area (Å²) in [6.07, 6.45) is 2.36. The number of aromatic hydroxyl groups is 1. The molecule has 0 radical (unpaired) electrons. The molecule has 1 aliphatic rings. The molecule has 0 bridgehead atoms. The van der Waals surface area contributed by atoms with Gasteiger partial charge in [-0.3, -0.25) is 5.43 Å². The first-order chi connectivity index (χ1) is 10.6. The molecular formula is C15H21N3O3S. The average Bonchev–Trinajstić information content (AvgIpc) is 3.04. The van der Waals surface area contributed by atoms with Crippen molar-refractivity contribution in [1.82, 2.24) is 10.7 Å². The van der Waals surface area contributed by atoms with Gasteiger partial charge in [0.15, 0.2) is 5.11 Å². The highest BCUT2D eigenvalue weighted by atomic mass is 32.1. The molecule has 6 nitrogen and oxygen atoms in total. The molecule has 7 heteroatoms. The molecular weight excluding hydrogens is 302 g/mol. The number of ether oxygens (including phenoxy) is 2. The highest BCUT2D eigenvalue weighted by Crippen LogP contribution is 2.23. The highest BCUT2D eigenvalue weighted by molar-refractivity contribution is 7.80. The second-order valence-electron chi connectivity index (χ2n) is 5.04. The van der Waals surface area contributed by atoms with Gasteiger partial charge < -0.3 is 19.9 Å². The maximum absolute atomic E-state index is 9.88. The van der Waals surface area contributed by atoms with Crippen LogP contribution in [-0.4, -0.2) is 42.3 Å². The van der Waals surface area contributed by atoms with Crippen molar-refractivity contribution in [3.05, 3.63) is 23.8 Å². The molecule has 0 amide bonds. The summed E-state index contributed by atoms with van der Waals surface area (Å²) < 4.78 is 10.6. The van der Waals surface area contributed by atoms with Crippen molar-refractivity contribution in [2.45, 2.75) is 25.9 Å². The number of hydrogen-bond acceptors (Lipinski definition) is 5. The fourth-order valence-corrected chi connectivity index (χ4v) is 2.31. The summed E-state index contributed by atoms with van der Waals surface area (Å²) >= 11 is 5.17. The van der Waals surface area contributed by atoms with Gasteiger partial charge in [0.25, 0.3) is 0 Å². The maximum Gasteiger partial charge on any atom is 0.187 e. The molecule has 0 saturated carbocycles. The van der Waals surface area contributed by atoms with E-state index < -0.39 is 0 Å². The van der Waals surface area contributed by atoms with Crippen LogP contribution in [0.15, 0.2) is 23.3 Å². The van der Waals surface area contributed by atoms with Gasteiger partial charge in [-0.15, -0.1) is 0 Å². The van der Waals surface area contributed by atoms with Gasteiger partial charge in [0.2, 0.25) is 0 Å². The van der Waals surface area contributed by atoms with Crippen LogP contribution in [0.3, 0.4) is 0 Å². The maximum atomic E-state index is 9.88. The topological polar surface area (TPSA) is 75.1 Å². The molecule has 1 aromatic rings. The molecule has 1 atom stereocenters. The quantitative estimate of drug-likeness (QED) is 0.436. The van der Waals surface area contributed by atoms with Gasteiger partial charge in [0, 0.05) is 18.7 Å². The Balaban J connectivity index is 1.89. The minimum absolute atomic E-state index is 0.141. The first kappa shape index (κ1) is 16.5. The summed E-state index contributed by atoms with van der Waals surface area (Å²) in [4.78, 5) is 0. The Bertz CT molecular complexity index is 557. The van der Waals surface area contributed by atoms with Crippen LogP contribution in [0.1, 0.15) is 25.3 Å². The van der Waals surface area contributed by atoms with Crippen LogP contribution in [0.25, 0.3) is 0 Å². The molecule has 1 saturated heterocycles. The zero-order valence-corrected chi connectivity index (χ0v) is 13.6. The number of phenols is 1. The van der Waals surface area contributed by atoms with Crippen LogP contribution >= 0.6 is 12.2 Å². The van der Waals surface area contributed by atoms with Crippen molar-refractivity contribution < 1.29 is 14.6 Å². The SMILES string of the molecule is COc1ccc(O)c(/C(C)=N/NC(=S)NC[C@@H]2CCCO2)c1. The molecule has 22 heavy (non-hydrogen) atoms. The second kappa shape index (κ2) is 7.95. The minimum Gasteiger partial charge on any atom is -0.507 e. The Morgan fingerprint density at radius 3 is 3.05 bits per heavy atom. The summed E-state index contributed by atoms with van der Waals surface area (Å²) in [6.45, 7) is 3.27. The van der Waals surface area contributed by atoms with Gasteiger partial charge >= 0.3 is 0 Å². The third kappa shape index (κ3) is 4.57. The van der Waals surface area contributed by atoms with E-state index in [-0.39, 0.29) is 11.9 Å². The van der Waals surface area contributed by atoms with Gasteiger partial charge in [-0.25, -0.2) is 0 Å². The molecule has 1 aromatic carbocycles. The number of hydrazone groups is 1. The first-order valence-corrected chi connectivity index (χ1v) is 7.58. The summed E-state index contributed by atoms with van der Waals surface area (Å²) in [5.74, 6) is 0.795. The molecule has 0 unspecified atom stereocenters. The molecule has 1 fully saturated rings. The summed E-state index contributed by atoms with van der Waals surface area (Å²) in [6, 6.07) is 4.98. The van der Waals surface area contributed by atoms with Crippen LogP contribution in [0.2, 0.25) is 0 Å². The van der Waals surface area contributed by atoms with Crippen molar-refractivity contribution in [1.29, 1.82) is 0 Å². The third-order valence-corrected chi connectivity index (χ3v) is 3.67. The lowest BCUT2D eigenvalue weighted by Crippen LogP contribution is -2.37. The molecule has 120 valence electrons. The smallest absolute Gasteiger partial charge is 0.187 e. The lowest BCUT2D eigenvalue weighted by Gasteiger charge is -2.12. The van der Waals surface area contributed by atoms with E-state index in [0.717, 1.165) is 19.4 Å². The monoisotopic (exact) mass is 323 g/mol. The summed E-state index contributed by atoms with van der Waals surface area (Å²) in [5.41, 5.74) is 3.97. The lowest BCUT2D eigenvalue weighted by molar-refractivity contribution is 0.114. The van der Waals surface area contributed by atoms with Crippen molar-refractivity contribution in [2.24, 2.45) is 5.10 Å². The van der Waals surface area contributed by atoms with Crippen LogP contribution in [0, 0.1) is 0 Å². The Kier molecular flexibility index (Phi) is 5.97. The molecule has 1 aliphatic heterocycles. The Morgan fingerprint density at radius 2 is 2.36 bits per heavy atom. The number of phenolic OH excluding ortho intramolecular Hbond substituents is 1. The molecule has 0 aliphatic carbocycles. The average molecular weight is 323 g/mol. The number of benzene rings is 1. The van der Waals surface area contributed by atoms with Gasteiger partial charge in [-0.05, 0) is 50.2 Å². The van der Waals surface area contributed by atoms with E-state index in [1.807, 2.05) is 0 Å². The Labute approximate surface area is 135 Å². The fourth-order valence-electron chi connectivity index (χ4n) is 2.18. The van der Waals surface area contributed by atoms with Crippen molar-refractivity contribution in [3.63, 3.8) is 0 Å². The Hall–Kier alpha value is -1.86. The van der Waals surface area contributed by atoms with Crippen LogP contribution in [0.4, 0.5) is 0 Å². The number of nitrogens with one attached hydrogen (secondary N) is 2. The highest BCUT2D eigenvalue weighted by Gasteiger charge is 2.15. The van der Waals surface area contributed by atoms with Gasteiger partial charge in [0.05, 0.1) is 18.9 Å². The zero-order chi connectivity index (χ0) is 15.9. The van der Waals surface area contributed by atoms with E-state index in [1.54, 1.807) is 32.2 Å². The van der Waals surface area contributed by atoms with E-state index >= 15 is 0 Å². The normalized spacial score (nSPS) is 18.1. The zero-order valence-electron chi connectivity index (χ0n) is 12.8. The third-order valence-electron chi connectivity index (χ3n) is 3.43. The van der Waals surface area contributed by atoms with E-state index in [9.17, 15) is 5.11 Å². The predicted octanol–water partition coefficient (Wildman–Crippen LogP) is 1.77. The fraction of sp³-hybridized carbons (Fsp3) is 0.467. The molecule has 1 heterocycles. The molecule has 0 spiro atoms. The summed E-state index contributed by atoms with van der Waals surface area (Å²) in [7, 11) is 1.57. The number of methoxy groups -OCH3 is 1. The van der Waals surface area contributed by atoms with Crippen molar-refractivity contribution in [3.8, 4) is 11.5 Å². The van der Waals surface area contributed by atoms with Gasteiger partial charge in [0.1, 0.15) is 11.5 Å². The van der Waals surface area contributed by atoms with Gasteiger partial charge in [-0.1, -0.05) is 0 Å².